The molecule has 34 heavy (non-hydrogen) atoms. The summed E-state index contributed by atoms with van der Waals surface area (Å²) >= 11 is 0. The second-order valence-electron chi connectivity index (χ2n) is 9.16. The molecule has 4 rings (SSSR count). The molecule has 5 nitrogen and oxygen atoms in total. The molecule has 1 unspecified atom stereocenters. The van der Waals surface area contributed by atoms with Gasteiger partial charge in [-0.05, 0) is 68.6 Å². The fraction of sp³-hybridized carbons (Fsp3) is 0.345. The highest BCUT2D eigenvalue weighted by atomic mass is 16.5. The maximum absolute atomic E-state index is 11.5. The second-order valence-corrected chi connectivity index (χ2v) is 9.16. The summed E-state index contributed by atoms with van der Waals surface area (Å²) in [6, 6.07) is 22.9. The number of ether oxygens (including phenoxy) is 2. The molecule has 0 aliphatic carbocycles. The van der Waals surface area contributed by atoms with Crippen LogP contribution in [-0.4, -0.2) is 36.2 Å². The topological polar surface area (TPSA) is 59.0 Å². The molecule has 1 heterocycles. The number of rotatable bonds is 8. The van der Waals surface area contributed by atoms with E-state index >= 15 is 0 Å². The number of nitrogens with zero attached hydrogens (tertiary/aromatic N) is 1. The number of carbonyl (C=O) groups is 1. The van der Waals surface area contributed by atoms with Crippen LogP contribution in [0.1, 0.15) is 46.7 Å². The number of likely N-dealkylation sites (tertiary alicyclic amines) is 1. The summed E-state index contributed by atoms with van der Waals surface area (Å²) in [5.74, 6) is 0.450. The Hall–Kier alpha value is -3.31. The molecule has 0 spiro atoms. The zero-order chi connectivity index (χ0) is 24.1. The number of aliphatic carboxylic acids is 1. The number of hydrogen-bond acceptors (Lipinski definition) is 4. The van der Waals surface area contributed by atoms with Crippen LogP contribution in [0.15, 0.2) is 66.7 Å². The number of benzene rings is 3. The molecule has 0 radical (unpaired) electrons. The van der Waals surface area contributed by atoms with Gasteiger partial charge in [-0.2, -0.15) is 0 Å². The summed E-state index contributed by atoms with van der Waals surface area (Å²) in [6.45, 7) is 6.18. The first kappa shape index (κ1) is 23.8. The lowest BCUT2D eigenvalue weighted by molar-refractivity contribution is -0.143. The Morgan fingerprint density at radius 2 is 1.62 bits per heavy atom. The van der Waals surface area contributed by atoms with Gasteiger partial charge in [0.15, 0.2) is 11.5 Å². The molecule has 1 fully saturated rings. The number of carboxylic acids is 1. The lowest BCUT2D eigenvalue weighted by Crippen LogP contribution is -2.39. The molecule has 1 N–H and O–H groups in total. The summed E-state index contributed by atoms with van der Waals surface area (Å²) in [4.78, 5) is 13.9. The smallest absolute Gasteiger partial charge is 0.306 e. The molecule has 1 saturated heterocycles. The van der Waals surface area contributed by atoms with Gasteiger partial charge in [0.1, 0.15) is 6.61 Å². The van der Waals surface area contributed by atoms with E-state index in [1.165, 1.54) is 16.7 Å². The third-order valence-electron chi connectivity index (χ3n) is 6.54. The van der Waals surface area contributed by atoms with Crippen LogP contribution in [0, 0.1) is 19.8 Å². The predicted molar refractivity (Wildman–Crippen MR) is 133 cm³/mol. The van der Waals surface area contributed by atoms with E-state index in [-0.39, 0.29) is 12.0 Å². The second kappa shape index (κ2) is 10.7. The molecule has 5 heteroatoms. The van der Waals surface area contributed by atoms with E-state index in [1.54, 1.807) is 7.11 Å². The van der Waals surface area contributed by atoms with Crippen LogP contribution in [0.4, 0.5) is 0 Å². The molecule has 0 bridgehead atoms. The molecule has 3 aromatic carbocycles. The Balaban J connectivity index is 1.64. The van der Waals surface area contributed by atoms with E-state index in [9.17, 15) is 9.90 Å². The van der Waals surface area contributed by atoms with E-state index in [1.807, 2.05) is 36.4 Å². The molecule has 0 aromatic heterocycles. The van der Waals surface area contributed by atoms with Gasteiger partial charge in [-0.1, -0.05) is 65.7 Å². The van der Waals surface area contributed by atoms with Crippen molar-refractivity contribution in [1.82, 2.24) is 4.90 Å². The largest absolute Gasteiger partial charge is 0.493 e. The van der Waals surface area contributed by atoms with Crippen LogP contribution < -0.4 is 9.47 Å². The van der Waals surface area contributed by atoms with E-state index in [0.717, 1.165) is 24.2 Å². The zero-order valence-electron chi connectivity index (χ0n) is 20.2. The summed E-state index contributed by atoms with van der Waals surface area (Å²) in [5, 5.41) is 9.45. The van der Waals surface area contributed by atoms with Gasteiger partial charge in [-0.3, -0.25) is 9.69 Å². The molecule has 0 saturated carbocycles. The van der Waals surface area contributed by atoms with Gasteiger partial charge in [0.25, 0.3) is 0 Å². The van der Waals surface area contributed by atoms with Crippen LogP contribution in [0.2, 0.25) is 0 Å². The lowest BCUT2D eigenvalue weighted by atomic mass is 9.90. The van der Waals surface area contributed by atoms with Crippen molar-refractivity contribution >= 4 is 5.97 Å². The van der Waals surface area contributed by atoms with Crippen molar-refractivity contribution in [2.45, 2.75) is 39.3 Å². The summed E-state index contributed by atoms with van der Waals surface area (Å²) in [5.41, 5.74) is 5.86. The summed E-state index contributed by atoms with van der Waals surface area (Å²) in [6.07, 6.45) is 1.32. The number of aryl methyl sites for hydroxylation is 2. The SMILES string of the molecule is COc1cc(C(c2cc(C)cc(C)c2)N2CCC(C(=O)O)CC2)ccc1OCc1ccccc1. The highest BCUT2D eigenvalue weighted by Gasteiger charge is 2.31. The molecule has 3 aromatic rings. The third-order valence-corrected chi connectivity index (χ3v) is 6.54. The number of piperidine rings is 1. The average Bonchev–Trinajstić information content (AvgIpc) is 2.83. The highest BCUT2D eigenvalue weighted by Crippen LogP contribution is 2.38. The van der Waals surface area contributed by atoms with E-state index < -0.39 is 5.97 Å². The van der Waals surface area contributed by atoms with Gasteiger partial charge >= 0.3 is 5.97 Å². The Kier molecular flexibility index (Phi) is 7.53. The molecular weight excluding hydrogens is 426 g/mol. The minimum absolute atomic E-state index is 0.0189. The maximum Gasteiger partial charge on any atom is 0.306 e. The predicted octanol–water partition coefficient (Wildman–Crippen LogP) is 5.78. The standard InChI is InChI=1S/C29H33NO4/c1-20-15-21(2)17-25(16-20)28(30-13-11-23(12-14-30)29(31)32)24-9-10-26(27(18-24)33-3)34-19-22-7-5-4-6-8-22/h4-10,15-18,23,28H,11-14,19H2,1-3H3,(H,31,32). The Labute approximate surface area is 201 Å². The molecule has 1 aliphatic rings. The van der Waals surface area contributed by atoms with Crippen LogP contribution in [-0.2, 0) is 11.4 Å². The van der Waals surface area contributed by atoms with Crippen LogP contribution in [0.5, 0.6) is 11.5 Å². The summed E-state index contributed by atoms with van der Waals surface area (Å²) < 4.78 is 11.8. The maximum atomic E-state index is 11.5. The minimum Gasteiger partial charge on any atom is -0.493 e. The number of hydrogen-bond donors (Lipinski definition) is 1. The van der Waals surface area contributed by atoms with E-state index in [4.69, 9.17) is 9.47 Å². The Bertz CT molecular complexity index is 1100. The van der Waals surface area contributed by atoms with Gasteiger partial charge in [0.2, 0.25) is 0 Å². The molecule has 0 amide bonds. The molecule has 178 valence electrons. The normalized spacial score (nSPS) is 15.6. The van der Waals surface area contributed by atoms with E-state index in [2.05, 4.69) is 49.1 Å². The summed E-state index contributed by atoms with van der Waals surface area (Å²) in [7, 11) is 1.67. The van der Waals surface area contributed by atoms with Crippen LogP contribution in [0.3, 0.4) is 0 Å². The van der Waals surface area contributed by atoms with Crippen molar-refractivity contribution < 1.29 is 19.4 Å². The highest BCUT2D eigenvalue weighted by molar-refractivity contribution is 5.70. The molecule has 1 aliphatic heterocycles. The monoisotopic (exact) mass is 459 g/mol. The van der Waals surface area contributed by atoms with Crippen molar-refractivity contribution in [3.05, 3.63) is 94.5 Å². The number of carboxylic acid groups (broad SMARTS) is 1. The van der Waals surface area contributed by atoms with Gasteiger partial charge in [0.05, 0.1) is 19.1 Å². The van der Waals surface area contributed by atoms with Crippen LogP contribution in [0.25, 0.3) is 0 Å². The first-order chi connectivity index (χ1) is 16.4. The van der Waals surface area contributed by atoms with Crippen molar-refractivity contribution in [3.63, 3.8) is 0 Å². The van der Waals surface area contributed by atoms with Gasteiger partial charge in [0, 0.05) is 0 Å². The van der Waals surface area contributed by atoms with Crippen molar-refractivity contribution in [1.29, 1.82) is 0 Å². The first-order valence-corrected chi connectivity index (χ1v) is 11.8. The van der Waals surface area contributed by atoms with Crippen LogP contribution >= 0.6 is 0 Å². The average molecular weight is 460 g/mol. The molecular formula is C29H33NO4. The minimum atomic E-state index is -0.691. The zero-order valence-corrected chi connectivity index (χ0v) is 20.2. The Morgan fingerprint density at radius 3 is 2.24 bits per heavy atom. The fourth-order valence-corrected chi connectivity index (χ4v) is 4.90. The van der Waals surface area contributed by atoms with Crippen molar-refractivity contribution in [3.8, 4) is 11.5 Å². The third kappa shape index (κ3) is 5.60. The Morgan fingerprint density at radius 1 is 0.941 bits per heavy atom. The quantitative estimate of drug-likeness (QED) is 0.463. The lowest BCUT2D eigenvalue weighted by Gasteiger charge is -2.37. The van der Waals surface area contributed by atoms with Crippen molar-refractivity contribution in [2.75, 3.05) is 20.2 Å². The number of methoxy groups -OCH3 is 1. The molecule has 1 atom stereocenters. The van der Waals surface area contributed by atoms with Gasteiger partial charge < -0.3 is 14.6 Å². The first-order valence-electron chi connectivity index (χ1n) is 11.8. The van der Waals surface area contributed by atoms with Gasteiger partial charge in [-0.15, -0.1) is 0 Å². The fourth-order valence-electron chi connectivity index (χ4n) is 4.90. The van der Waals surface area contributed by atoms with Crippen molar-refractivity contribution in [2.24, 2.45) is 5.92 Å². The van der Waals surface area contributed by atoms with E-state index in [0.29, 0.717) is 30.9 Å². The van der Waals surface area contributed by atoms with Gasteiger partial charge in [-0.25, -0.2) is 0 Å².